The number of aromatic nitrogens is 1. The van der Waals surface area contributed by atoms with Crippen molar-refractivity contribution in [3.63, 3.8) is 0 Å². The zero-order valence-electron chi connectivity index (χ0n) is 11.3. The number of aliphatic hydroxyl groups excluding tert-OH is 1. The maximum Gasteiger partial charge on any atom is 0.125 e. The molecule has 1 aromatic carbocycles. The maximum atomic E-state index is 10.3. The summed E-state index contributed by atoms with van der Waals surface area (Å²) in [5, 5.41) is 13.4. The smallest absolute Gasteiger partial charge is 0.125 e. The van der Waals surface area contributed by atoms with Gasteiger partial charge >= 0.3 is 0 Å². The fourth-order valence-electron chi connectivity index (χ4n) is 1.91. The van der Waals surface area contributed by atoms with E-state index in [-0.39, 0.29) is 0 Å². The van der Waals surface area contributed by atoms with E-state index in [0.717, 1.165) is 28.4 Å². The molecule has 0 aliphatic heterocycles. The van der Waals surface area contributed by atoms with Crippen LogP contribution in [0.25, 0.3) is 0 Å². The average Bonchev–Trinajstić information content (AvgIpc) is 2.82. The molecule has 0 saturated carbocycles. The lowest BCUT2D eigenvalue weighted by molar-refractivity contribution is 0.170. The molecule has 3 nitrogen and oxygen atoms in total. The Kier molecular flexibility index (Phi) is 4.93. The van der Waals surface area contributed by atoms with E-state index < -0.39 is 6.10 Å². The molecule has 0 aliphatic rings. The molecule has 1 unspecified atom stereocenters. The lowest BCUT2D eigenvalue weighted by Crippen LogP contribution is -2.06. The molecular weight excluding hydrogens is 258 g/mol. The predicted octanol–water partition coefficient (Wildman–Crippen LogP) is 3.52. The number of ether oxygens (including phenoxy) is 1. The van der Waals surface area contributed by atoms with Crippen molar-refractivity contribution in [3.8, 4) is 5.75 Å². The Bertz CT molecular complexity index is 524. The minimum atomic E-state index is -0.574. The molecule has 0 radical (unpaired) electrons. The van der Waals surface area contributed by atoms with Gasteiger partial charge in [0.25, 0.3) is 0 Å². The van der Waals surface area contributed by atoms with Crippen LogP contribution in [0.4, 0.5) is 0 Å². The van der Waals surface area contributed by atoms with Gasteiger partial charge in [0.1, 0.15) is 5.75 Å². The maximum absolute atomic E-state index is 10.3. The van der Waals surface area contributed by atoms with Crippen LogP contribution in [0.1, 0.15) is 35.7 Å². The Morgan fingerprint density at radius 3 is 2.84 bits per heavy atom. The van der Waals surface area contributed by atoms with Gasteiger partial charge in [0, 0.05) is 17.4 Å². The highest BCUT2D eigenvalue weighted by molar-refractivity contribution is 7.09. The van der Waals surface area contributed by atoms with Crippen molar-refractivity contribution in [2.24, 2.45) is 0 Å². The summed E-state index contributed by atoms with van der Waals surface area (Å²) in [4.78, 5) is 4.39. The topological polar surface area (TPSA) is 42.4 Å². The molecule has 1 heterocycles. The van der Waals surface area contributed by atoms with Gasteiger partial charge in [0.2, 0.25) is 0 Å². The summed E-state index contributed by atoms with van der Waals surface area (Å²) in [5.41, 5.74) is 1.77. The van der Waals surface area contributed by atoms with Crippen molar-refractivity contribution in [2.75, 3.05) is 6.61 Å². The summed E-state index contributed by atoms with van der Waals surface area (Å²) in [6, 6.07) is 7.66. The number of hydrogen-bond donors (Lipinski definition) is 1. The predicted molar refractivity (Wildman–Crippen MR) is 77.7 cm³/mol. The van der Waals surface area contributed by atoms with Crippen LogP contribution in [-0.4, -0.2) is 16.7 Å². The standard InChI is InChI=1S/C15H19NO2S/c1-3-8-18-15-7-5-4-6-13(15)14(17)9-12-10-19-11(2)16-12/h4-7,10,14,17H,3,8-9H2,1-2H3. The minimum Gasteiger partial charge on any atom is -0.493 e. The summed E-state index contributed by atoms with van der Waals surface area (Å²) in [6.07, 6.45) is 0.904. The van der Waals surface area contributed by atoms with Gasteiger partial charge in [-0.05, 0) is 19.4 Å². The van der Waals surface area contributed by atoms with Crippen molar-refractivity contribution in [2.45, 2.75) is 32.8 Å². The minimum absolute atomic E-state index is 0.525. The quantitative estimate of drug-likeness (QED) is 0.878. The zero-order chi connectivity index (χ0) is 13.7. The van der Waals surface area contributed by atoms with E-state index in [0.29, 0.717) is 13.0 Å². The van der Waals surface area contributed by atoms with Crippen LogP contribution in [0.2, 0.25) is 0 Å². The van der Waals surface area contributed by atoms with Crippen molar-refractivity contribution in [1.29, 1.82) is 0 Å². The second-order valence-electron chi connectivity index (χ2n) is 4.46. The van der Waals surface area contributed by atoms with Crippen LogP contribution in [-0.2, 0) is 6.42 Å². The molecule has 1 atom stereocenters. The second-order valence-corrected chi connectivity index (χ2v) is 5.53. The largest absolute Gasteiger partial charge is 0.493 e. The number of aryl methyl sites for hydroxylation is 1. The van der Waals surface area contributed by atoms with E-state index in [9.17, 15) is 5.11 Å². The third-order valence-electron chi connectivity index (χ3n) is 2.81. The summed E-state index contributed by atoms with van der Waals surface area (Å²) in [6.45, 7) is 4.70. The number of nitrogens with zero attached hydrogens (tertiary/aromatic N) is 1. The van der Waals surface area contributed by atoms with Gasteiger partial charge in [-0.2, -0.15) is 0 Å². The first-order chi connectivity index (χ1) is 9.20. The Balaban J connectivity index is 2.11. The van der Waals surface area contributed by atoms with Crippen molar-refractivity contribution >= 4 is 11.3 Å². The molecule has 0 aliphatic carbocycles. The van der Waals surface area contributed by atoms with E-state index >= 15 is 0 Å². The molecular formula is C15H19NO2S. The summed E-state index contributed by atoms with van der Waals surface area (Å²) >= 11 is 1.61. The van der Waals surface area contributed by atoms with Crippen LogP contribution in [0, 0.1) is 6.92 Å². The average molecular weight is 277 g/mol. The Hall–Kier alpha value is -1.39. The Labute approximate surface area is 117 Å². The first-order valence-corrected chi connectivity index (χ1v) is 7.39. The van der Waals surface area contributed by atoms with Gasteiger partial charge in [-0.3, -0.25) is 0 Å². The van der Waals surface area contributed by atoms with E-state index in [1.807, 2.05) is 36.6 Å². The van der Waals surface area contributed by atoms with Crippen molar-refractivity contribution in [1.82, 2.24) is 4.98 Å². The number of para-hydroxylation sites is 1. The molecule has 102 valence electrons. The van der Waals surface area contributed by atoms with Crippen molar-refractivity contribution < 1.29 is 9.84 Å². The number of thiazole rings is 1. The Morgan fingerprint density at radius 2 is 2.16 bits per heavy atom. The van der Waals surface area contributed by atoms with Gasteiger partial charge in [0.05, 0.1) is 23.4 Å². The molecule has 0 bridgehead atoms. The van der Waals surface area contributed by atoms with Crippen LogP contribution in [0.15, 0.2) is 29.6 Å². The van der Waals surface area contributed by atoms with E-state index in [4.69, 9.17) is 4.74 Å². The second kappa shape index (κ2) is 6.68. The molecule has 0 amide bonds. The number of rotatable bonds is 6. The normalized spacial score (nSPS) is 12.4. The van der Waals surface area contributed by atoms with Gasteiger partial charge in [-0.15, -0.1) is 11.3 Å². The van der Waals surface area contributed by atoms with Gasteiger partial charge in [0.15, 0.2) is 0 Å². The lowest BCUT2D eigenvalue weighted by atomic mass is 10.0. The molecule has 2 aromatic rings. The molecule has 0 fully saturated rings. The highest BCUT2D eigenvalue weighted by Crippen LogP contribution is 2.28. The molecule has 0 saturated heterocycles. The summed E-state index contributed by atoms with van der Waals surface area (Å²) in [7, 11) is 0. The lowest BCUT2D eigenvalue weighted by Gasteiger charge is -2.15. The third-order valence-corrected chi connectivity index (χ3v) is 3.63. The number of aliphatic hydroxyl groups is 1. The fourth-order valence-corrected chi connectivity index (χ4v) is 2.53. The van der Waals surface area contributed by atoms with Gasteiger partial charge < -0.3 is 9.84 Å². The van der Waals surface area contributed by atoms with E-state index in [2.05, 4.69) is 11.9 Å². The molecule has 4 heteroatoms. The monoisotopic (exact) mass is 277 g/mol. The summed E-state index contributed by atoms with van der Waals surface area (Å²) < 4.78 is 5.67. The van der Waals surface area contributed by atoms with Crippen LogP contribution in [0.5, 0.6) is 5.75 Å². The number of benzene rings is 1. The highest BCUT2D eigenvalue weighted by atomic mass is 32.1. The molecule has 1 aromatic heterocycles. The van der Waals surface area contributed by atoms with Gasteiger partial charge in [-0.25, -0.2) is 4.98 Å². The highest BCUT2D eigenvalue weighted by Gasteiger charge is 2.15. The molecule has 19 heavy (non-hydrogen) atoms. The van der Waals surface area contributed by atoms with Crippen molar-refractivity contribution in [3.05, 3.63) is 45.9 Å². The van der Waals surface area contributed by atoms with Crippen LogP contribution >= 0.6 is 11.3 Å². The SMILES string of the molecule is CCCOc1ccccc1C(O)Cc1csc(C)n1. The molecule has 1 N–H and O–H groups in total. The van der Waals surface area contributed by atoms with Crippen LogP contribution < -0.4 is 4.74 Å². The van der Waals surface area contributed by atoms with Gasteiger partial charge in [-0.1, -0.05) is 25.1 Å². The van der Waals surface area contributed by atoms with E-state index in [1.54, 1.807) is 11.3 Å². The first-order valence-electron chi connectivity index (χ1n) is 6.51. The number of hydrogen-bond acceptors (Lipinski definition) is 4. The zero-order valence-corrected chi connectivity index (χ0v) is 12.1. The molecule has 0 spiro atoms. The molecule has 2 rings (SSSR count). The first kappa shape index (κ1) is 14.0. The fraction of sp³-hybridized carbons (Fsp3) is 0.400. The summed E-state index contributed by atoms with van der Waals surface area (Å²) in [5.74, 6) is 0.767. The van der Waals surface area contributed by atoms with Crippen LogP contribution in [0.3, 0.4) is 0 Å². The van der Waals surface area contributed by atoms with E-state index in [1.165, 1.54) is 0 Å². The Morgan fingerprint density at radius 1 is 1.37 bits per heavy atom. The third kappa shape index (κ3) is 3.78.